The molecule has 24 heavy (non-hydrogen) atoms. The van der Waals surface area contributed by atoms with Crippen molar-refractivity contribution in [3.63, 3.8) is 0 Å². The van der Waals surface area contributed by atoms with Gasteiger partial charge in [-0.05, 0) is 30.2 Å². The number of anilines is 1. The van der Waals surface area contributed by atoms with Crippen LogP contribution < -0.4 is 5.73 Å². The monoisotopic (exact) mass is 323 g/mol. The zero-order chi connectivity index (χ0) is 16.9. The molecule has 1 saturated heterocycles. The van der Waals surface area contributed by atoms with Crippen molar-refractivity contribution in [2.45, 2.75) is 19.9 Å². The van der Waals surface area contributed by atoms with Crippen LogP contribution >= 0.6 is 0 Å². The van der Waals surface area contributed by atoms with E-state index in [0.29, 0.717) is 6.42 Å². The summed E-state index contributed by atoms with van der Waals surface area (Å²) < 4.78 is 0. The molecule has 4 nitrogen and oxygen atoms in total. The van der Waals surface area contributed by atoms with E-state index in [9.17, 15) is 4.79 Å². The molecule has 0 bridgehead atoms. The number of carbonyl (C=O) groups is 1. The van der Waals surface area contributed by atoms with Crippen molar-refractivity contribution >= 4 is 11.6 Å². The lowest BCUT2D eigenvalue weighted by Crippen LogP contribution is -2.48. The summed E-state index contributed by atoms with van der Waals surface area (Å²) in [6.45, 7) is 6.56. The number of nitrogens with zero attached hydrogens (tertiary/aromatic N) is 2. The first-order valence-electron chi connectivity index (χ1n) is 8.50. The summed E-state index contributed by atoms with van der Waals surface area (Å²) in [5.41, 5.74) is 10.1. The smallest absolute Gasteiger partial charge is 0.227 e. The molecule has 3 rings (SSSR count). The molecule has 1 heterocycles. The molecular formula is C20H25N3O. The highest BCUT2D eigenvalue weighted by Crippen LogP contribution is 2.12. The number of benzene rings is 2. The van der Waals surface area contributed by atoms with E-state index in [1.165, 1.54) is 11.1 Å². The molecule has 0 saturated carbocycles. The maximum atomic E-state index is 12.4. The van der Waals surface area contributed by atoms with Crippen molar-refractivity contribution in [2.24, 2.45) is 0 Å². The Hall–Kier alpha value is -2.33. The summed E-state index contributed by atoms with van der Waals surface area (Å²) in [4.78, 5) is 16.8. The van der Waals surface area contributed by atoms with Crippen molar-refractivity contribution in [1.82, 2.24) is 9.80 Å². The van der Waals surface area contributed by atoms with Gasteiger partial charge in [-0.15, -0.1) is 0 Å². The van der Waals surface area contributed by atoms with Crippen LogP contribution in [-0.4, -0.2) is 41.9 Å². The molecule has 0 atom stereocenters. The number of aryl methyl sites for hydroxylation is 1. The van der Waals surface area contributed by atoms with Crippen molar-refractivity contribution in [2.75, 3.05) is 31.9 Å². The van der Waals surface area contributed by atoms with Gasteiger partial charge in [-0.25, -0.2) is 0 Å². The van der Waals surface area contributed by atoms with Crippen LogP contribution in [0.4, 0.5) is 5.69 Å². The summed E-state index contributed by atoms with van der Waals surface area (Å²) in [6.07, 6.45) is 0.457. The fourth-order valence-electron chi connectivity index (χ4n) is 3.15. The molecule has 1 amide bonds. The van der Waals surface area contributed by atoms with Crippen molar-refractivity contribution in [3.05, 3.63) is 65.2 Å². The number of rotatable bonds is 4. The lowest BCUT2D eigenvalue weighted by Gasteiger charge is -2.35. The predicted molar refractivity (Wildman–Crippen MR) is 97.6 cm³/mol. The summed E-state index contributed by atoms with van der Waals surface area (Å²) in [7, 11) is 0. The summed E-state index contributed by atoms with van der Waals surface area (Å²) in [5.74, 6) is 0.204. The molecule has 1 aliphatic rings. The highest BCUT2D eigenvalue weighted by atomic mass is 16.2. The van der Waals surface area contributed by atoms with Gasteiger partial charge in [0, 0.05) is 38.4 Å². The van der Waals surface area contributed by atoms with Crippen LogP contribution in [0.5, 0.6) is 0 Å². The Bertz CT molecular complexity index is 688. The summed E-state index contributed by atoms with van der Waals surface area (Å²) >= 11 is 0. The number of hydrogen-bond donors (Lipinski definition) is 1. The second kappa shape index (κ2) is 7.49. The first-order valence-corrected chi connectivity index (χ1v) is 8.50. The maximum absolute atomic E-state index is 12.4. The van der Waals surface area contributed by atoms with Crippen molar-refractivity contribution in [3.8, 4) is 0 Å². The Labute approximate surface area is 143 Å². The first kappa shape index (κ1) is 16.5. The summed E-state index contributed by atoms with van der Waals surface area (Å²) in [6, 6.07) is 16.2. The standard InChI is InChI=1S/C20H25N3O/c1-16-3-2-4-18(13-16)15-22-9-11-23(12-10-22)20(24)14-17-5-7-19(21)8-6-17/h2-8,13H,9-12,14-15,21H2,1H3. The average Bonchev–Trinajstić information content (AvgIpc) is 2.57. The normalized spacial score (nSPS) is 15.5. The van der Waals surface area contributed by atoms with Crippen LogP contribution in [0.15, 0.2) is 48.5 Å². The Balaban J connectivity index is 1.49. The topological polar surface area (TPSA) is 49.6 Å². The second-order valence-electron chi connectivity index (χ2n) is 6.56. The highest BCUT2D eigenvalue weighted by Gasteiger charge is 2.21. The third kappa shape index (κ3) is 4.36. The highest BCUT2D eigenvalue weighted by molar-refractivity contribution is 5.79. The van der Waals surface area contributed by atoms with Gasteiger partial charge in [-0.1, -0.05) is 42.0 Å². The molecule has 0 unspecified atom stereocenters. The first-order chi connectivity index (χ1) is 11.6. The average molecular weight is 323 g/mol. The molecule has 126 valence electrons. The number of amides is 1. The van der Waals surface area contributed by atoms with Crippen LogP contribution in [-0.2, 0) is 17.8 Å². The number of carbonyl (C=O) groups excluding carboxylic acids is 1. The molecule has 0 spiro atoms. The third-order valence-electron chi connectivity index (χ3n) is 4.55. The van der Waals surface area contributed by atoms with Crippen LogP contribution in [0.2, 0.25) is 0 Å². The number of hydrogen-bond acceptors (Lipinski definition) is 3. The van der Waals surface area contributed by atoms with E-state index >= 15 is 0 Å². The van der Waals surface area contributed by atoms with Gasteiger partial charge in [-0.2, -0.15) is 0 Å². The van der Waals surface area contributed by atoms with Gasteiger partial charge >= 0.3 is 0 Å². The van der Waals surface area contributed by atoms with Crippen LogP contribution in [0.3, 0.4) is 0 Å². The SMILES string of the molecule is Cc1cccc(CN2CCN(C(=O)Cc3ccc(N)cc3)CC2)c1. The lowest BCUT2D eigenvalue weighted by atomic mass is 10.1. The minimum Gasteiger partial charge on any atom is -0.399 e. The van der Waals surface area contributed by atoms with E-state index < -0.39 is 0 Å². The molecule has 4 heteroatoms. The minimum atomic E-state index is 0.204. The quantitative estimate of drug-likeness (QED) is 0.880. The van der Waals surface area contributed by atoms with E-state index in [1.807, 2.05) is 29.2 Å². The third-order valence-corrected chi connectivity index (χ3v) is 4.55. The summed E-state index contributed by atoms with van der Waals surface area (Å²) in [5, 5.41) is 0. The van der Waals surface area contributed by atoms with Gasteiger partial charge in [-0.3, -0.25) is 9.69 Å². The zero-order valence-corrected chi connectivity index (χ0v) is 14.2. The van der Waals surface area contributed by atoms with Gasteiger partial charge in [0.1, 0.15) is 0 Å². The zero-order valence-electron chi connectivity index (χ0n) is 14.2. The molecular weight excluding hydrogens is 298 g/mol. The number of piperazine rings is 1. The maximum Gasteiger partial charge on any atom is 0.227 e. The number of nitrogen functional groups attached to an aromatic ring is 1. The largest absolute Gasteiger partial charge is 0.399 e. The Kier molecular flexibility index (Phi) is 5.16. The fourth-order valence-corrected chi connectivity index (χ4v) is 3.15. The molecule has 0 aliphatic carbocycles. The van der Waals surface area contributed by atoms with Crippen LogP contribution in [0.25, 0.3) is 0 Å². The molecule has 0 radical (unpaired) electrons. The van der Waals surface area contributed by atoms with Crippen molar-refractivity contribution in [1.29, 1.82) is 0 Å². The van der Waals surface area contributed by atoms with Gasteiger partial charge in [0.05, 0.1) is 6.42 Å². The van der Waals surface area contributed by atoms with E-state index in [4.69, 9.17) is 5.73 Å². The predicted octanol–water partition coefficient (Wildman–Crippen LogP) is 2.46. The Morgan fingerprint density at radius 1 is 1.00 bits per heavy atom. The number of nitrogens with two attached hydrogens (primary N) is 1. The molecule has 2 aromatic rings. The van der Waals surface area contributed by atoms with E-state index in [-0.39, 0.29) is 5.91 Å². The van der Waals surface area contributed by atoms with Gasteiger partial charge in [0.2, 0.25) is 5.91 Å². The molecule has 1 aliphatic heterocycles. The van der Waals surface area contributed by atoms with E-state index in [0.717, 1.165) is 44.0 Å². The molecule has 2 N–H and O–H groups in total. The van der Waals surface area contributed by atoms with E-state index in [2.05, 4.69) is 36.1 Å². The van der Waals surface area contributed by atoms with Crippen molar-refractivity contribution < 1.29 is 4.79 Å². The van der Waals surface area contributed by atoms with Gasteiger partial charge in [0.15, 0.2) is 0 Å². The van der Waals surface area contributed by atoms with Gasteiger partial charge in [0.25, 0.3) is 0 Å². The lowest BCUT2D eigenvalue weighted by molar-refractivity contribution is -0.132. The van der Waals surface area contributed by atoms with E-state index in [1.54, 1.807) is 0 Å². The second-order valence-corrected chi connectivity index (χ2v) is 6.56. The fraction of sp³-hybridized carbons (Fsp3) is 0.350. The molecule has 2 aromatic carbocycles. The van der Waals surface area contributed by atoms with Crippen LogP contribution in [0.1, 0.15) is 16.7 Å². The van der Waals surface area contributed by atoms with Gasteiger partial charge < -0.3 is 10.6 Å². The minimum absolute atomic E-state index is 0.204. The Morgan fingerprint density at radius 3 is 2.38 bits per heavy atom. The Morgan fingerprint density at radius 2 is 1.71 bits per heavy atom. The van der Waals surface area contributed by atoms with Crippen LogP contribution in [0, 0.1) is 6.92 Å². The molecule has 1 fully saturated rings. The molecule has 0 aromatic heterocycles.